The highest BCUT2D eigenvalue weighted by Crippen LogP contribution is 2.59. The van der Waals surface area contributed by atoms with E-state index in [0.29, 0.717) is 4.67 Å². The Morgan fingerprint density at radius 3 is 1.89 bits per heavy atom. The second kappa shape index (κ2) is 3.11. The van der Waals surface area contributed by atoms with Crippen LogP contribution in [0.3, 0.4) is 0 Å². The average molecular weight is 210 g/mol. The largest absolute Gasteiger partial charge is 0.348 e. The second-order valence-corrected chi connectivity index (χ2v) is 6.27. The SMILES string of the molecule is CN(C(=O)Cl)P(=O)(Cl)Cl. The number of nitrogens with zero attached hydrogens (tertiary/aromatic N) is 1. The first-order chi connectivity index (χ1) is 3.85. The number of halogens is 3. The van der Waals surface area contributed by atoms with Crippen molar-refractivity contribution in [2.75, 3.05) is 7.05 Å². The Morgan fingerprint density at radius 2 is 1.89 bits per heavy atom. The Balaban J connectivity index is 4.23. The number of amides is 1. The van der Waals surface area contributed by atoms with Gasteiger partial charge in [-0.3, -0.25) is 14.0 Å². The molecule has 3 nitrogen and oxygen atoms in total. The van der Waals surface area contributed by atoms with E-state index in [1.54, 1.807) is 0 Å². The van der Waals surface area contributed by atoms with Gasteiger partial charge in [0.2, 0.25) is 0 Å². The molecule has 0 aliphatic carbocycles. The Kier molecular flexibility index (Phi) is 3.30. The number of hydrogen-bond donors (Lipinski definition) is 0. The van der Waals surface area contributed by atoms with Crippen molar-refractivity contribution in [3.05, 3.63) is 0 Å². The van der Waals surface area contributed by atoms with E-state index in [4.69, 9.17) is 34.1 Å². The summed E-state index contributed by atoms with van der Waals surface area (Å²) in [4.78, 5) is 10.1. The quantitative estimate of drug-likeness (QED) is 0.379. The van der Waals surface area contributed by atoms with Gasteiger partial charge in [0.15, 0.2) is 0 Å². The summed E-state index contributed by atoms with van der Waals surface area (Å²) in [5, 5.41) is -0.941. The van der Waals surface area contributed by atoms with Crippen LogP contribution in [0.2, 0.25) is 0 Å². The van der Waals surface area contributed by atoms with E-state index in [1.165, 1.54) is 0 Å². The molecule has 0 rings (SSSR count). The molecule has 0 aliphatic heterocycles. The second-order valence-electron chi connectivity index (χ2n) is 1.21. The van der Waals surface area contributed by atoms with E-state index in [1.807, 2.05) is 0 Å². The number of carbonyl (C=O) groups excluding carboxylic acids is 1. The van der Waals surface area contributed by atoms with Gasteiger partial charge in [-0.15, -0.1) is 0 Å². The van der Waals surface area contributed by atoms with E-state index in [9.17, 15) is 9.36 Å². The van der Waals surface area contributed by atoms with Gasteiger partial charge in [-0.1, -0.05) is 0 Å². The van der Waals surface area contributed by atoms with Crippen LogP contribution < -0.4 is 0 Å². The van der Waals surface area contributed by atoms with Crippen molar-refractivity contribution in [3.63, 3.8) is 0 Å². The number of hydrogen-bond acceptors (Lipinski definition) is 2. The topological polar surface area (TPSA) is 37.4 Å². The van der Waals surface area contributed by atoms with Crippen LogP contribution in [0.25, 0.3) is 0 Å². The molecule has 0 saturated carbocycles. The molecular formula is C2H3Cl3NO2P. The molecule has 0 heterocycles. The van der Waals surface area contributed by atoms with Crippen LogP contribution in [0, 0.1) is 0 Å². The fourth-order valence-electron chi connectivity index (χ4n) is 0.0915. The van der Waals surface area contributed by atoms with Crippen molar-refractivity contribution >= 4 is 45.4 Å². The minimum Gasteiger partial charge on any atom is -0.264 e. The molecule has 0 aliphatic rings. The average Bonchev–Trinajstić information content (AvgIpc) is 1.62. The standard InChI is InChI=1S/C2H3Cl3NO2P/c1-6(2(3)7)9(4,5)8/h1H3. The lowest BCUT2D eigenvalue weighted by atomic mass is 11.2. The lowest BCUT2D eigenvalue weighted by Crippen LogP contribution is -2.11. The molecule has 54 valence electrons. The monoisotopic (exact) mass is 209 g/mol. The predicted octanol–water partition coefficient (Wildman–Crippen LogP) is 2.86. The highest BCUT2D eigenvalue weighted by molar-refractivity contribution is 8.07. The third-order valence-electron chi connectivity index (χ3n) is 0.604. The minimum atomic E-state index is -3.52. The molecule has 0 aromatic heterocycles. The number of rotatable bonds is 1. The van der Waals surface area contributed by atoms with Crippen LogP contribution in [-0.2, 0) is 4.57 Å². The fourth-order valence-corrected chi connectivity index (χ4v) is 1.24. The summed E-state index contributed by atoms with van der Waals surface area (Å²) in [6.45, 7) is 0. The lowest BCUT2D eigenvalue weighted by Gasteiger charge is -2.12. The minimum absolute atomic E-state index is 0.567. The van der Waals surface area contributed by atoms with Gasteiger partial charge in [0.05, 0.1) is 0 Å². The van der Waals surface area contributed by atoms with Crippen molar-refractivity contribution in [2.24, 2.45) is 0 Å². The Hall–Kier alpha value is 0.570. The van der Waals surface area contributed by atoms with Crippen LogP contribution in [0.1, 0.15) is 0 Å². The maximum atomic E-state index is 10.5. The lowest BCUT2D eigenvalue weighted by molar-refractivity contribution is 0.250. The zero-order chi connectivity index (χ0) is 7.65. The summed E-state index contributed by atoms with van der Waals surface area (Å²) in [6.07, 6.45) is 0. The van der Waals surface area contributed by atoms with Crippen molar-refractivity contribution in [1.82, 2.24) is 4.67 Å². The van der Waals surface area contributed by atoms with E-state index in [2.05, 4.69) is 0 Å². The van der Waals surface area contributed by atoms with Gasteiger partial charge in [0, 0.05) is 7.05 Å². The maximum Gasteiger partial charge on any atom is 0.348 e. The molecule has 0 fully saturated rings. The van der Waals surface area contributed by atoms with Crippen molar-refractivity contribution < 1.29 is 9.36 Å². The summed E-state index contributed by atoms with van der Waals surface area (Å²) in [6, 6.07) is 0. The van der Waals surface area contributed by atoms with E-state index < -0.39 is 11.4 Å². The zero-order valence-corrected chi connectivity index (χ0v) is 7.51. The molecule has 9 heavy (non-hydrogen) atoms. The Morgan fingerprint density at radius 1 is 1.56 bits per heavy atom. The smallest absolute Gasteiger partial charge is 0.264 e. The first-order valence-corrected chi connectivity index (χ1v) is 5.63. The molecular weight excluding hydrogens is 207 g/mol. The first kappa shape index (κ1) is 9.57. The molecule has 1 amide bonds. The molecule has 0 spiro atoms. The van der Waals surface area contributed by atoms with Gasteiger partial charge in [-0.05, 0) is 34.1 Å². The van der Waals surface area contributed by atoms with Gasteiger partial charge in [0.1, 0.15) is 0 Å². The Bertz CT molecular complexity index is 165. The molecule has 0 atom stereocenters. The van der Waals surface area contributed by atoms with Crippen LogP contribution in [0.4, 0.5) is 4.79 Å². The summed E-state index contributed by atoms with van der Waals surface area (Å²) >= 11 is 14.9. The normalized spacial score (nSPS) is 11.1. The van der Waals surface area contributed by atoms with Crippen molar-refractivity contribution in [1.29, 1.82) is 0 Å². The van der Waals surface area contributed by atoms with Crippen LogP contribution in [-0.4, -0.2) is 17.1 Å². The summed E-state index contributed by atoms with van der Waals surface area (Å²) in [5.74, 6) is -3.52. The fraction of sp³-hybridized carbons (Fsp3) is 0.500. The Labute approximate surface area is 66.9 Å². The van der Waals surface area contributed by atoms with Crippen LogP contribution >= 0.6 is 40.1 Å². The third kappa shape index (κ3) is 3.31. The number of carbonyl (C=O) groups is 1. The van der Waals surface area contributed by atoms with Gasteiger partial charge in [-0.2, -0.15) is 0 Å². The van der Waals surface area contributed by atoms with E-state index in [0.717, 1.165) is 7.05 Å². The van der Waals surface area contributed by atoms with E-state index >= 15 is 0 Å². The summed E-state index contributed by atoms with van der Waals surface area (Å²) in [5.41, 5.74) is 0. The van der Waals surface area contributed by atoms with E-state index in [-0.39, 0.29) is 0 Å². The van der Waals surface area contributed by atoms with Gasteiger partial charge in [-0.25, -0.2) is 0 Å². The zero-order valence-electron chi connectivity index (χ0n) is 4.34. The predicted molar refractivity (Wildman–Crippen MR) is 38.3 cm³/mol. The molecule has 0 radical (unpaired) electrons. The molecule has 7 heteroatoms. The molecule has 0 aromatic rings. The molecule has 0 unspecified atom stereocenters. The summed E-state index contributed by atoms with van der Waals surface area (Å²) in [7, 11) is 1.15. The molecule has 0 N–H and O–H groups in total. The summed E-state index contributed by atoms with van der Waals surface area (Å²) < 4.78 is 11.1. The highest BCUT2D eigenvalue weighted by Gasteiger charge is 2.24. The van der Waals surface area contributed by atoms with Crippen LogP contribution in [0.15, 0.2) is 0 Å². The van der Waals surface area contributed by atoms with Crippen LogP contribution in [0.5, 0.6) is 0 Å². The van der Waals surface area contributed by atoms with Gasteiger partial charge in [0.25, 0.3) is 0 Å². The molecule has 0 saturated heterocycles. The first-order valence-electron chi connectivity index (χ1n) is 1.78. The highest BCUT2D eigenvalue weighted by atomic mass is 35.9. The molecule has 0 aromatic carbocycles. The van der Waals surface area contributed by atoms with Crippen molar-refractivity contribution in [2.45, 2.75) is 0 Å². The van der Waals surface area contributed by atoms with Crippen molar-refractivity contribution in [3.8, 4) is 0 Å². The van der Waals surface area contributed by atoms with Gasteiger partial charge >= 0.3 is 11.4 Å². The van der Waals surface area contributed by atoms with Gasteiger partial charge < -0.3 is 0 Å². The molecule has 0 bridgehead atoms. The maximum absolute atomic E-state index is 10.5. The third-order valence-corrected chi connectivity index (χ3v) is 3.22.